The van der Waals surface area contributed by atoms with Gasteiger partial charge in [-0.1, -0.05) is 60.7 Å². The number of hydrogen-bond acceptors (Lipinski definition) is 5. The quantitative estimate of drug-likeness (QED) is 0.551. The van der Waals surface area contributed by atoms with Gasteiger partial charge in [0.2, 0.25) is 4.77 Å². The number of aliphatic imine (C=N–C) groups is 1. The van der Waals surface area contributed by atoms with Gasteiger partial charge in [0.25, 0.3) is 11.5 Å². The Balaban J connectivity index is 1.93. The summed E-state index contributed by atoms with van der Waals surface area (Å²) in [5.41, 5.74) is 1.42. The molecule has 138 valence electrons. The molecule has 0 fully saturated rings. The topological polar surface area (TPSA) is 83.3 Å². The van der Waals surface area contributed by atoms with Crippen LogP contribution in [-0.4, -0.2) is 26.6 Å². The lowest BCUT2D eigenvalue weighted by Gasteiger charge is -2.20. The molecule has 1 N–H and O–H groups in total. The van der Waals surface area contributed by atoms with E-state index in [1.165, 1.54) is 5.01 Å². The van der Waals surface area contributed by atoms with E-state index in [1.807, 2.05) is 60.7 Å². The number of nitrogens with zero attached hydrogens (tertiary/aromatic N) is 4. The molecule has 0 atom stereocenters. The normalized spacial score (nSPS) is 15.2. The van der Waals surface area contributed by atoms with Crippen molar-refractivity contribution >= 4 is 30.0 Å². The summed E-state index contributed by atoms with van der Waals surface area (Å²) in [5, 5.41) is 7.66. The Kier molecular flexibility index (Phi) is 4.54. The van der Waals surface area contributed by atoms with Crippen molar-refractivity contribution in [3.63, 3.8) is 0 Å². The summed E-state index contributed by atoms with van der Waals surface area (Å²) in [6, 6.07) is 18.5. The molecular weight excluding hydrogens is 374 g/mol. The highest BCUT2D eigenvalue weighted by Crippen LogP contribution is 2.21. The van der Waals surface area contributed by atoms with Crippen molar-refractivity contribution in [3.05, 3.63) is 98.3 Å². The standard InChI is InChI=1S/C20H15N5O2S/c1-13-18(26)25(20(28)23-22-13)24-17(15-10-6-3-7-11-15)21-16(19(24)27)12-14-8-4-2-5-9-14/h2-12H,1H3,(H,23,28)/b16-12-. The van der Waals surface area contributed by atoms with E-state index in [4.69, 9.17) is 12.2 Å². The first kappa shape index (κ1) is 17.7. The van der Waals surface area contributed by atoms with Crippen molar-refractivity contribution in [2.24, 2.45) is 4.99 Å². The third-order valence-corrected chi connectivity index (χ3v) is 4.45. The van der Waals surface area contributed by atoms with Crippen LogP contribution < -0.4 is 10.6 Å². The molecule has 0 bridgehead atoms. The van der Waals surface area contributed by atoms with Gasteiger partial charge in [0.15, 0.2) is 5.84 Å². The summed E-state index contributed by atoms with van der Waals surface area (Å²) in [4.78, 5) is 30.4. The van der Waals surface area contributed by atoms with Crippen molar-refractivity contribution < 1.29 is 4.79 Å². The van der Waals surface area contributed by atoms with E-state index in [0.29, 0.717) is 11.4 Å². The van der Waals surface area contributed by atoms with Gasteiger partial charge in [0, 0.05) is 5.56 Å². The summed E-state index contributed by atoms with van der Waals surface area (Å²) < 4.78 is 1.10. The maximum absolute atomic E-state index is 13.2. The zero-order chi connectivity index (χ0) is 19.7. The smallest absolute Gasteiger partial charge is 0.265 e. The van der Waals surface area contributed by atoms with Crippen LogP contribution in [0, 0.1) is 11.7 Å². The van der Waals surface area contributed by atoms with Gasteiger partial charge < -0.3 is 0 Å². The average Bonchev–Trinajstić information content (AvgIpc) is 3.03. The number of nitrogens with one attached hydrogen (secondary N) is 1. The molecule has 1 aliphatic rings. The molecule has 2 heterocycles. The van der Waals surface area contributed by atoms with E-state index in [0.717, 1.165) is 10.2 Å². The van der Waals surface area contributed by atoms with Crippen molar-refractivity contribution in [1.29, 1.82) is 0 Å². The summed E-state index contributed by atoms with van der Waals surface area (Å²) in [6.07, 6.45) is 1.68. The minimum atomic E-state index is -0.485. The third kappa shape index (κ3) is 3.10. The van der Waals surface area contributed by atoms with E-state index < -0.39 is 11.5 Å². The lowest BCUT2D eigenvalue weighted by Crippen LogP contribution is -2.49. The van der Waals surface area contributed by atoms with Gasteiger partial charge >= 0.3 is 0 Å². The second-order valence-electron chi connectivity index (χ2n) is 6.09. The molecule has 3 aromatic rings. The van der Waals surface area contributed by atoms with Crippen LogP contribution in [0.5, 0.6) is 0 Å². The van der Waals surface area contributed by atoms with E-state index in [1.54, 1.807) is 13.0 Å². The van der Waals surface area contributed by atoms with Crippen LogP contribution in [0.2, 0.25) is 0 Å². The molecule has 4 rings (SSSR count). The maximum atomic E-state index is 13.2. The molecule has 1 amide bonds. The number of carbonyl (C=O) groups excluding carboxylic acids is 1. The van der Waals surface area contributed by atoms with Crippen LogP contribution in [0.1, 0.15) is 16.8 Å². The Bertz CT molecular complexity index is 1230. The highest BCUT2D eigenvalue weighted by molar-refractivity contribution is 7.71. The van der Waals surface area contributed by atoms with E-state index in [9.17, 15) is 9.59 Å². The highest BCUT2D eigenvalue weighted by atomic mass is 32.1. The van der Waals surface area contributed by atoms with Crippen LogP contribution in [0.4, 0.5) is 0 Å². The zero-order valence-corrected chi connectivity index (χ0v) is 15.7. The molecule has 0 aliphatic carbocycles. The predicted octanol–water partition coefficient (Wildman–Crippen LogP) is 2.58. The molecule has 0 unspecified atom stereocenters. The molecule has 0 spiro atoms. The van der Waals surface area contributed by atoms with Gasteiger partial charge in [-0.25, -0.2) is 4.99 Å². The van der Waals surface area contributed by atoms with Crippen molar-refractivity contribution in [1.82, 2.24) is 14.9 Å². The Morgan fingerprint density at radius 3 is 2.32 bits per heavy atom. The molecule has 0 radical (unpaired) electrons. The number of H-pyrrole nitrogens is 1. The maximum Gasteiger partial charge on any atom is 0.297 e. The van der Waals surface area contributed by atoms with Crippen LogP contribution in [0.15, 0.2) is 76.1 Å². The Morgan fingerprint density at radius 1 is 1.00 bits per heavy atom. The molecule has 8 heteroatoms. The van der Waals surface area contributed by atoms with Crippen LogP contribution in [0.25, 0.3) is 6.08 Å². The molecule has 0 saturated carbocycles. The van der Waals surface area contributed by atoms with E-state index >= 15 is 0 Å². The number of amidine groups is 1. The van der Waals surface area contributed by atoms with Crippen molar-refractivity contribution in [3.8, 4) is 0 Å². The van der Waals surface area contributed by atoms with Crippen LogP contribution >= 0.6 is 12.2 Å². The van der Waals surface area contributed by atoms with Gasteiger partial charge in [-0.15, -0.1) is 0 Å². The largest absolute Gasteiger partial charge is 0.297 e. The van der Waals surface area contributed by atoms with Crippen molar-refractivity contribution in [2.45, 2.75) is 6.92 Å². The Labute approximate surface area is 165 Å². The van der Waals surface area contributed by atoms with Crippen LogP contribution in [-0.2, 0) is 4.79 Å². The molecule has 2 aromatic carbocycles. The summed E-state index contributed by atoms with van der Waals surface area (Å²) in [6.45, 7) is 1.55. The summed E-state index contributed by atoms with van der Waals surface area (Å²) in [7, 11) is 0. The highest BCUT2D eigenvalue weighted by Gasteiger charge is 2.34. The number of hydrogen-bond donors (Lipinski definition) is 1. The summed E-state index contributed by atoms with van der Waals surface area (Å²) >= 11 is 5.24. The molecule has 0 saturated heterocycles. The molecule has 28 heavy (non-hydrogen) atoms. The fraction of sp³-hybridized carbons (Fsp3) is 0.0500. The molecular formula is C20H15N5O2S. The monoisotopic (exact) mass is 389 g/mol. The van der Waals surface area contributed by atoms with Gasteiger partial charge in [0.05, 0.1) is 0 Å². The lowest BCUT2D eigenvalue weighted by molar-refractivity contribution is -0.115. The number of aryl methyl sites for hydroxylation is 1. The number of aromatic amines is 1. The number of rotatable bonds is 3. The Hall–Kier alpha value is -3.65. The van der Waals surface area contributed by atoms with E-state index in [2.05, 4.69) is 15.2 Å². The number of aromatic nitrogens is 3. The number of amides is 1. The van der Waals surface area contributed by atoms with E-state index in [-0.39, 0.29) is 16.2 Å². The second-order valence-corrected chi connectivity index (χ2v) is 6.48. The molecule has 1 aliphatic heterocycles. The fourth-order valence-electron chi connectivity index (χ4n) is 2.83. The molecule has 7 nitrogen and oxygen atoms in total. The van der Waals surface area contributed by atoms with Gasteiger partial charge in [-0.3, -0.25) is 14.7 Å². The SMILES string of the molecule is Cc1n[nH]c(=S)n(N2C(=O)/C(=C/c3ccccc3)N=C2c2ccccc2)c1=O. The average molecular weight is 389 g/mol. The molecule has 1 aromatic heterocycles. The second kappa shape index (κ2) is 7.16. The predicted molar refractivity (Wildman–Crippen MR) is 109 cm³/mol. The summed E-state index contributed by atoms with van der Waals surface area (Å²) in [5.74, 6) is -0.130. The zero-order valence-electron chi connectivity index (χ0n) is 14.9. The number of benzene rings is 2. The van der Waals surface area contributed by atoms with Gasteiger partial charge in [-0.2, -0.15) is 14.8 Å². The number of carbonyl (C=O) groups is 1. The first-order valence-electron chi connectivity index (χ1n) is 8.50. The first-order chi connectivity index (χ1) is 13.6. The fourth-order valence-corrected chi connectivity index (χ4v) is 3.04. The minimum Gasteiger partial charge on any atom is -0.265 e. The van der Waals surface area contributed by atoms with Crippen molar-refractivity contribution in [2.75, 3.05) is 5.01 Å². The first-order valence-corrected chi connectivity index (χ1v) is 8.91. The van der Waals surface area contributed by atoms with Gasteiger partial charge in [-0.05, 0) is 30.8 Å². The van der Waals surface area contributed by atoms with Gasteiger partial charge in [0.1, 0.15) is 11.4 Å². The van der Waals surface area contributed by atoms with Crippen LogP contribution in [0.3, 0.4) is 0 Å². The lowest BCUT2D eigenvalue weighted by atomic mass is 10.2. The third-order valence-electron chi connectivity index (χ3n) is 4.19. The Morgan fingerprint density at radius 2 is 1.64 bits per heavy atom. The minimum absolute atomic E-state index is 0.00791.